The minimum absolute atomic E-state index is 0. The van der Waals surface area contributed by atoms with E-state index >= 15 is 0 Å². The molecule has 0 heterocycles. The maximum absolute atomic E-state index is 10.7. The number of carbonyl (C=O) groups is 2. The quantitative estimate of drug-likeness (QED) is 0.324. The molecule has 0 atom stereocenters. The Morgan fingerprint density at radius 2 is 1.60 bits per heavy atom. The number of unbranched alkanes of at least 4 members (excludes halogenated alkanes) is 1. The summed E-state index contributed by atoms with van der Waals surface area (Å²) < 4.78 is 4.81. The van der Waals surface area contributed by atoms with Crippen molar-refractivity contribution in [2.24, 2.45) is 0 Å². The number of aliphatic carboxylic acids is 1. The minimum atomic E-state index is -1.19. The maximum atomic E-state index is 10.7. The molecule has 0 radical (unpaired) electrons. The van der Waals surface area contributed by atoms with E-state index in [0.717, 1.165) is 12.8 Å². The topological polar surface area (TPSA) is 66.4 Å². The van der Waals surface area contributed by atoms with E-state index in [0.29, 0.717) is 12.2 Å². The van der Waals surface area contributed by atoms with Crippen LogP contribution < -0.4 is 34.7 Å². The first-order chi connectivity index (χ1) is 11.3. The summed E-state index contributed by atoms with van der Waals surface area (Å²) in [5, 5.41) is 9.49. The summed E-state index contributed by atoms with van der Waals surface area (Å²) in [6.45, 7) is 15.8. The van der Waals surface area contributed by atoms with Gasteiger partial charge in [-0.05, 0) is 31.4 Å². The molecular weight excluding hydrogens is 327 g/mol. The number of carboxylic acid groups (broad SMARTS) is 1. The summed E-state index contributed by atoms with van der Waals surface area (Å²) in [4.78, 5) is 20.2. The van der Waals surface area contributed by atoms with Gasteiger partial charge in [0.05, 0.1) is 12.6 Å². The summed E-state index contributed by atoms with van der Waals surface area (Å²) in [7, 11) is 0. The van der Waals surface area contributed by atoms with Crippen LogP contribution in [0.1, 0.15) is 39.2 Å². The first-order valence-corrected chi connectivity index (χ1v) is 7.63. The monoisotopic (exact) mass is 354 g/mol. The molecule has 0 fully saturated rings. The Morgan fingerprint density at radius 3 is 1.88 bits per heavy atom. The van der Waals surface area contributed by atoms with Crippen molar-refractivity contribution in [1.29, 1.82) is 0 Å². The van der Waals surface area contributed by atoms with E-state index in [-0.39, 0.29) is 41.1 Å². The zero-order valence-electron chi connectivity index (χ0n) is 15.8. The molecular formula is C20H27NaO4. The van der Waals surface area contributed by atoms with Gasteiger partial charge in [0, 0.05) is 5.57 Å². The Labute approximate surface area is 173 Å². The van der Waals surface area contributed by atoms with Gasteiger partial charge in [-0.15, -0.1) is 0 Å². The van der Waals surface area contributed by atoms with Gasteiger partial charge in [0.15, 0.2) is 0 Å². The van der Waals surface area contributed by atoms with E-state index in [1.807, 2.05) is 36.4 Å². The average molecular weight is 354 g/mol. The molecule has 0 unspecified atom stereocenters. The molecule has 0 aliphatic rings. The van der Waals surface area contributed by atoms with Crippen LogP contribution in [0.2, 0.25) is 0 Å². The summed E-state index contributed by atoms with van der Waals surface area (Å²) in [6.07, 6.45) is 3.81. The van der Waals surface area contributed by atoms with E-state index in [4.69, 9.17) is 4.74 Å². The first-order valence-electron chi connectivity index (χ1n) is 7.63. The predicted molar refractivity (Wildman–Crippen MR) is 97.0 cm³/mol. The van der Waals surface area contributed by atoms with E-state index in [9.17, 15) is 14.7 Å². The molecule has 1 aromatic rings. The second-order valence-corrected chi connectivity index (χ2v) is 4.95. The van der Waals surface area contributed by atoms with E-state index in [2.05, 4.69) is 26.7 Å². The van der Waals surface area contributed by atoms with E-state index < -0.39 is 5.97 Å². The Kier molecular flexibility index (Phi) is 21.1. The SMILES string of the molecule is C=C(C)C(=O)OCCCC.C=C(C)C(=O)[O-].C=Cc1ccccc1.[Na+]. The summed E-state index contributed by atoms with van der Waals surface area (Å²) >= 11 is 0. The fourth-order valence-electron chi connectivity index (χ4n) is 1.02. The molecule has 0 saturated carbocycles. The number of carbonyl (C=O) groups excluding carboxylic acids is 2. The molecule has 0 aliphatic carbocycles. The summed E-state index contributed by atoms with van der Waals surface area (Å²) in [5.74, 6) is -1.47. The van der Waals surface area contributed by atoms with Crippen LogP contribution in [0.4, 0.5) is 0 Å². The van der Waals surface area contributed by atoms with Crippen molar-refractivity contribution in [3.05, 3.63) is 66.8 Å². The van der Waals surface area contributed by atoms with Gasteiger partial charge in [-0.1, -0.05) is 69.5 Å². The molecule has 4 nitrogen and oxygen atoms in total. The molecule has 25 heavy (non-hydrogen) atoms. The van der Waals surface area contributed by atoms with Crippen molar-refractivity contribution in [3.8, 4) is 0 Å². The van der Waals surface area contributed by atoms with Crippen LogP contribution in [0.5, 0.6) is 0 Å². The third-order valence-corrected chi connectivity index (χ3v) is 2.46. The molecule has 0 spiro atoms. The number of hydrogen-bond acceptors (Lipinski definition) is 4. The second kappa shape index (κ2) is 18.7. The largest absolute Gasteiger partial charge is 1.00 e. The van der Waals surface area contributed by atoms with Crippen molar-refractivity contribution < 1.29 is 49.0 Å². The molecule has 132 valence electrons. The van der Waals surface area contributed by atoms with Gasteiger partial charge in [-0.2, -0.15) is 0 Å². The van der Waals surface area contributed by atoms with Gasteiger partial charge in [0.25, 0.3) is 0 Å². The first kappa shape index (κ1) is 28.2. The standard InChI is InChI=1S/C8H14O2.C8H8.C4H6O2.Na/c1-4-5-6-10-8(9)7(2)3;1-2-8-6-4-3-5-7-8;1-3(2)4(5)6;/h2,4-6H2,1,3H3;2-7H,1H2;1H2,2H3,(H,5,6);/q;;;+1/p-1. The van der Waals surface area contributed by atoms with Gasteiger partial charge in [-0.25, -0.2) is 4.79 Å². The molecule has 1 rings (SSSR count). The Hall–Kier alpha value is -1.62. The van der Waals surface area contributed by atoms with Crippen molar-refractivity contribution in [2.75, 3.05) is 6.61 Å². The van der Waals surface area contributed by atoms with Crippen molar-refractivity contribution in [3.63, 3.8) is 0 Å². The van der Waals surface area contributed by atoms with Gasteiger partial charge in [0.2, 0.25) is 0 Å². The summed E-state index contributed by atoms with van der Waals surface area (Å²) in [6, 6.07) is 10.0. The van der Waals surface area contributed by atoms with E-state index in [1.165, 1.54) is 12.5 Å². The van der Waals surface area contributed by atoms with Gasteiger partial charge < -0.3 is 14.6 Å². The molecule has 0 aliphatic heterocycles. The number of hydrogen-bond donors (Lipinski definition) is 0. The number of esters is 1. The van der Waals surface area contributed by atoms with Gasteiger partial charge >= 0.3 is 35.5 Å². The Balaban J connectivity index is -0.000000293. The number of ether oxygens (including phenoxy) is 1. The van der Waals surface area contributed by atoms with Crippen molar-refractivity contribution in [2.45, 2.75) is 33.6 Å². The molecule has 0 amide bonds. The molecule has 1 aromatic carbocycles. The normalized spacial score (nSPS) is 8.12. The fraction of sp³-hybridized carbons (Fsp3) is 0.300. The maximum Gasteiger partial charge on any atom is 1.00 e. The number of benzene rings is 1. The number of carboxylic acids is 1. The Morgan fingerprint density at radius 1 is 1.12 bits per heavy atom. The van der Waals surface area contributed by atoms with Crippen LogP contribution >= 0.6 is 0 Å². The third kappa shape index (κ3) is 20.3. The van der Waals surface area contributed by atoms with Crippen LogP contribution in [0.15, 0.2) is 61.2 Å². The molecule has 5 heteroatoms. The van der Waals surface area contributed by atoms with Crippen LogP contribution in [0, 0.1) is 0 Å². The average Bonchev–Trinajstić information content (AvgIpc) is 2.56. The molecule has 0 bridgehead atoms. The minimum Gasteiger partial charge on any atom is -0.545 e. The second-order valence-electron chi connectivity index (χ2n) is 4.95. The smallest absolute Gasteiger partial charge is 0.545 e. The van der Waals surface area contributed by atoms with Crippen LogP contribution in [-0.4, -0.2) is 18.5 Å². The zero-order chi connectivity index (χ0) is 19.0. The molecule has 0 saturated heterocycles. The van der Waals surface area contributed by atoms with E-state index in [1.54, 1.807) is 6.92 Å². The third-order valence-electron chi connectivity index (χ3n) is 2.46. The Bertz CT molecular complexity index is 524. The fourth-order valence-corrected chi connectivity index (χ4v) is 1.02. The van der Waals surface area contributed by atoms with Crippen molar-refractivity contribution >= 4 is 18.0 Å². The number of rotatable bonds is 6. The van der Waals surface area contributed by atoms with Crippen LogP contribution in [0.25, 0.3) is 6.08 Å². The summed E-state index contributed by atoms with van der Waals surface area (Å²) in [5.41, 5.74) is 1.71. The van der Waals surface area contributed by atoms with Gasteiger partial charge in [0.1, 0.15) is 0 Å². The zero-order valence-corrected chi connectivity index (χ0v) is 17.8. The molecule has 0 N–H and O–H groups in total. The van der Waals surface area contributed by atoms with Crippen molar-refractivity contribution in [1.82, 2.24) is 0 Å². The predicted octanol–water partition coefficient (Wildman–Crippen LogP) is 0.552. The molecule has 0 aromatic heterocycles. The van der Waals surface area contributed by atoms with Crippen LogP contribution in [0.3, 0.4) is 0 Å². The van der Waals surface area contributed by atoms with Gasteiger partial charge in [-0.3, -0.25) is 0 Å². The van der Waals surface area contributed by atoms with Crippen LogP contribution in [-0.2, 0) is 14.3 Å².